The molecule has 1 aromatic rings. The fraction of sp³-hybridized carbons (Fsp3) is 0.333. The van der Waals surface area contributed by atoms with E-state index < -0.39 is 0 Å². The van der Waals surface area contributed by atoms with Crippen molar-refractivity contribution in [2.45, 2.75) is 18.9 Å². The zero-order valence-electron chi connectivity index (χ0n) is 6.55. The summed E-state index contributed by atoms with van der Waals surface area (Å²) in [5.74, 6) is 0.137. The Labute approximate surface area is 76.2 Å². The summed E-state index contributed by atoms with van der Waals surface area (Å²) in [4.78, 5) is 0. The highest BCUT2D eigenvalue weighted by Gasteiger charge is 2.20. The van der Waals surface area contributed by atoms with Gasteiger partial charge in [0.05, 0.1) is 5.02 Å². The molecule has 0 aromatic heterocycles. The number of phenolic OH excluding ortho intramolecular Hbond substituents is 1. The number of hydrogen-bond donors (Lipinski definition) is 2. The molecule has 0 spiro atoms. The molecule has 2 rings (SSSR count). The van der Waals surface area contributed by atoms with Gasteiger partial charge in [-0.05, 0) is 31.0 Å². The van der Waals surface area contributed by atoms with Crippen LogP contribution in [0.15, 0.2) is 18.2 Å². The molecule has 1 aliphatic rings. The minimum atomic E-state index is 0.137. The van der Waals surface area contributed by atoms with Crippen LogP contribution in [0.5, 0.6) is 5.75 Å². The number of rotatable bonds is 2. The van der Waals surface area contributed by atoms with E-state index >= 15 is 0 Å². The van der Waals surface area contributed by atoms with Crippen molar-refractivity contribution in [1.82, 2.24) is 0 Å². The van der Waals surface area contributed by atoms with Crippen LogP contribution in [0.25, 0.3) is 0 Å². The first kappa shape index (κ1) is 7.74. The van der Waals surface area contributed by atoms with Crippen LogP contribution in [0.3, 0.4) is 0 Å². The molecule has 2 nitrogen and oxygen atoms in total. The summed E-state index contributed by atoms with van der Waals surface area (Å²) in [6.45, 7) is 0. The normalized spacial score (nSPS) is 16.1. The summed E-state index contributed by atoms with van der Waals surface area (Å²) >= 11 is 5.73. The van der Waals surface area contributed by atoms with Crippen LogP contribution in [-0.4, -0.2) is 11.1 Å². The SMILES string of the molecule is Oc1ccc(NC2CC2)cc1Cl. The van der Waals surface area contributed by atoms with Crippen LogP contribution in [0, 0.1) is 0 Å². The Morgan fingerprint density at radius 3 is 2.75 bits per heavy atom. The van der Waals surface area contributed by atoms with Gasteiger partial charge < -0.3 is 10.4 Å². The molecule has 0 atom stereocenters. The molecule has 64 valence electrons. The van der Waals surface area contributed by atoms with Gasteiger partial charge in [0.1, 0.15) is 5.75 Å². The number of hydrogen-bond acceptors (Lipinski definition) is 2. The average Bonchev–Trinajstić information content (AvgIpc) is 2.81. The maximum absolute atomic E-state index is 9.13. The lowest BCUT2D eigenvalue weighted by Gasteiger charge is -2.04. The number of aromatic hydroxyl groups is 1. The van der Waals surface area contributed by atoms with Crippen molar-refractivity contribution < 1.29 is 5.11 Å². The number of anilines is 1. The smallest absolute Gasteiger partial charge is 0.134 e. The van der Waals surface area contributed by atoms with Gasteiger partial charge >= 0.3 is 0 Å². The van der Waals surface area contributed by atoms with Crippen molar-refractivity contribution >= 4 is 17.3 Å². The fourth-order valence-corrected chi connectivity index (χ4v) is 1.24. The summed E-state index contributed by atoms with van der Waals surface area (Å²) < 4.78 is 0. The Kier molecular flexibility index (Phi) is 1.85. The van der Waals surface area contributed by atoms with Gasteiger partial charge in [0.25, 0.3) is 0 Å². The van der Waals surface area contributed by atoms with Gasteiger partial charge in [-0.2, -0.15) is 0 Å². The first-order valence-electron chi connectivity index (χ1n) is 4.01. The third-order valence-electron chi connectivity index (χ3n) is 1.90. The van der Waals surface area contributed by atoms with Crippen LogP contribution in [-0.2, 0) is 0 Å². The minimum absolute atomic E-state index is 0.137. The number of nitrogens with one attached hydrogen (secondary N) is 1. The van der Waals surface area contributed by atoms with E-state index in [4.69, 9.17) is 16.7 Å². The second-order valence-corrected chi connectivity index (χ2v) is 3.49. The topological polar surface area (TPSA) is 32.3 Å². The van der Waals surface area contributed by atoms with Gasteiger partial charge in [-0.15, -0.1) is 0 Å². The average molecular weight is 184 g/mol. The van der Waals surface area contributed by atoms with Crippen molar-refractivity contribution in [2.75, 3.05) is 5.32 Å². The van der Waals surface area contributed by atoms with Gasteiger partial charge in [-0.25, -0.2) is 0 Å². The Hall–Kier alpha value is -0.890. The van der Waals surface area contributed by atoms with Gasteiger partial charge in [-0.1, -0.05) is 11.6 Å². The molecule has 0 bridgehead atoms. The lowest BCUT2D eigenvalue weighted by molar-refractivity contribution is 0.475. The van der Waals surface area contributed by atoms with E-state index in [0.29, 0.717) is 11.1 Å². The highest BCUT2D eigenvalue weighted by Crippen LogP contribution is 2.29. The first-order valence-corrected chi connectivity index (χ1v) is 4.38. The van der Waals surface area contributed by atoms with Crippen molar-refractivity contribution in [3.05, 3.63) is 23.2 Å². The lowest BCUT2D eigenvalue weighted by Crippen LogP contribution is -1.99. The molecule has 0 amide bonds. The molecule has 1 fully saturated rings. The van der Waals surface area contributed by atoms with Crippen molar-refractivity contribution in [3.8, 4) is 5.75 Å². The lowest BCUT2D eigenvalue weighted by atomic mass is 10.3. The standard InChI is InChI=1S/C9H10ClNO/c10-8-5-7(3-4-9(8)12)11-6-1-2-6/h3-6,11-12H,1-2H2. The third kappa shape index (κ3) is 1.64. The van der Waals surface area contributed by atoms with Crippen LogP contribution < -0.4 is 5.32 Å². The maximum atomic E-state index is 9.13. The van der Waals surface area contributed by atoms with Crippen LogP contribution in [0.1, 0.15) is 12.8 Å². The van der Waals surface area contributed by atoms with E-state index in [1.54, 1.807) is 12.1 Å². The Morgan fingerprint density at radius 1 is 1.42 bits per heavy atom. The van der Waals surface area contributed by atoms with Gasteiger partial charge in [-0.3, -0.25) is 0 Å². The molecule has 0 aliphatic heterocycles. The summed E-state index contributed by atoms with van der Waals surface area (Å²) in [5, 5.41) is 12.8. The largest absolute Gasteiger partial charge is 0.506 e. The molecule has 3 heteroatoms. The zero-order valence-corrected chi connectivity index (χ0v) is 7.30. The van der Waals surface area contributed by atoms with Crippen molar-refractivity contribution in [1.29, 1.82) is 0 Å². The summed E-state index contributed by atoms with van der Waals surface area (Å²) in [6.07, 6.45) is 2.47. The van der Waals surface area contributed by atoms with E-state index in [9.17, 15) is 0 Å². The molecular formula is C9H10ClNO. The molecule has 0 unspecified atom stereocenters. The monoisotopic (exact) mass is 183 g/mol. The molecule has 0 heterocycles. The molecular weight excluding hydrogens is 174 g/mol. The predicted octanol–water partition coefficient (Wildman–Crippen LogP) is 2.62. The summed E-state index contributed by atoms with van der Waals surface area (Å²) in [5.41, 5.74) is 0.986. The molecule has 12 heavy (non-hydrogen) atoms. The second kappa shape index (κ2) is 2.87. The fourth-order valence-electron chi connectivity index (χ4n) is 1.06. The minimum Gasteiger partial charge on any atom is -0.506 e. The molecule has 2 N–H and O–H groups in total. The highest BCUT2D eigenvalue weighted by molar-refractivity contribution is 6.32. The van der Waals surface area contributed by atoms with Crippen LogP contribution >= 0.6 is 11.6 Å². The van der Waals surface area contributed by atoms with Crippen molar-refractivity contribution in [2.24, 2.45) is 0 Å². The Balaban J connectivity index is 2.15. The zero-order chi connectivity index (χ0) is 8.55. The predicted molar refractivity (Wildman–Crippen MR) is 49.8 cm³/mol. The van der Waals surface area contributed by atoms with Crippen molar-refractivity contribution in [3.63, 3.8) is 0 Å². The maximum Gasteiger partial charge on any atom is 0.134 e. The molecule has 1 aromatic carbocycles. The molecule has 1 saturated carbocycles. The van der Waals surface area contributed by atoms with Gasteiger partial charge in [0, 0.05) is 11.7 Å². The van der Waals surface area contributed by atoms with Crippen LogP contribution in [0.4, 0.5) is 5.69 Å². The number of phenols is 1. The summed E-state index contributed by atoms with van der Waals surface area (Å²) in [7, 11) is 0. The van der Waals surface area contributed by atoms with E-state index in [1.807, 2.05) is 6.07 Å². The molecule has 0 saturated heterocycles. The van der Waals surface area contributed by atoms with E-state index in [-0.39, 0.29) is 5.75 Å². The van der Waals surface area contributed by atoms with Gasteiger partial charge in [0.15, 0.2) is 0 Å². The third-order valence-corrected chi connectivity index (χ3v) is 2.20. The second-order valence-electron chi connectivity index (χ2n) is 3.08. The molecule has 1 aliphatic carbocycles. The highest BCUT2D eigenvalue weighted by atomic mass is 35.5. The van der Waals surface area contributed by atoms with E-state index in [1.165, 1.54) is 12.8 Å². The molecule has 0 radical (unpaired) electrons. The Morgan fingerprint density at radius 2 is 2.17 bits per heavy atom. The summed E-state index contributed by atoms with van der Waals surface area (Å²) in [6, 6.07) is 5.80. The van der Waals surface area contributed by atoms with E-state index in [0.717, 1.165) is 5.69 Å². The van der Waals surface area contributed by atoms with Gasteiger partial charge in [0.2, 0.25) is 0 Å². The number of benzene rings is 1. The Bertz CT molecular complexity index is 297. The quantitative estimate of drug-likeness (QED) is 0.691. The van der Waals surface area contributed by atoms with E-state index in [2.05, 4.69) is 5.32 Å². The first-order chi connectivity index (χ1) is 5.75. The number of halogens is 1. The van der Waals surface area contributed by atoms with Crippen LogP contribution in [0.2, 0.25) is 5.02 Å².